The number of fused-ring (bicyclic) bond motifs is 1. The average Bonchev–Trinajstić information content (AvgIpc) is 2.67. The molecule has 0 spiro atoms. The van der Waals surface area contributed by atoms with Crippen molar-refractivity contribution in [3.8, 4) is 11.5 Å². The third-order valence-corrected chi connectivity index (χ3v) is 5.55. The maximum Gasteiger partial charge on any atom is 0.248 e. The fraction of sp³-hybridized carbons (Fsp3) is 0.263. The molecule has 2 aromatic rings. The fourth-order valence-electron chi connectivity index (χ4n) is 2.94. The minimum absolute atomic E-state index is 0.281. The number of benzene rings is 2. The molecular formula is C19H21N3O6S. The van der Waals surface area contributed by atoms with Gasteiger partial charge in [0.1, 0.15) is 19.3 Å². The molecule has 3 N–H and O–H groups in total. The lowest BCUT2D eigenvalue weighted by molar-refractivity contribution is -0.116. The molecule has 0 saturated heterocycles. The number of amides is 2. The Morgan fingerprint density at radius 1 is 1.07 bits per heavy atom. The molecule has 29 heavy (non-hydrogen) atoms. The summed E-state index contributed by atoms with van der Waals surface area (Å²) in [5.74, 6) is -0.201. The Bertz CT molecular complexity index is 1040. The number of ether oxygens (including phenoxy) is 2. The van der Waals surface area contributed by atoms with E-state index in [0.717, 1.165) is 10.6 Å². The van der Waals surface area contributed by atoms with E-state index < -0.39 is 27.9 Å². The van der Waals surface area contributed by atoms with Crippen LogP contribution in [0.5, 0.6) is 11.5 Å². The highest BCUT2D eigenvalue weighted by atomic mass is 32.2. The van der Waals surface area contributed by atoms with Crippen LogP contribution in [-0.4, -0.2) is 45.7 Å². The van der Waals surface area contributed by atoms with E-state index in [4.69, 9.17) is 15.2 Å². The number of rotatable bonds is 6. The van der Waals surface area contributed by atoms with Gasteiger partial charge in [0, 0.05) is 17.3 Å². The van der Waals surface area contributed by atoms with Crippen LogP contribution in [0.2, 0.25) is 0 Å². The van der Waals surface area contributed by atoms with Crippen LogP contribution in [0.4, 0.5) is 11.4 Å². The van der Waals surface area contributed by atoms with Crippen molar-refractivity contribution in [1.82, 2.24) is 0 Å². The predicted octanol–water partition coefficient (Wildman–Crippen LogP) is 1.35. The van der Waals surface area contributed by atoms with E-state index in [1.165, 1.54) is 37.3 Å². The summed E-state index contributed by atoms with van der Waals surface area (Å²) in [5, 5.41) is 2.64. The van der Waals surface area contributed by atoms with Crippen molar-refractivity contribution < 1.29 is 27.5 Å². The largest absolute Gasteiger partial charge is 0.486 e. The smallest absolute Gasteiger partial charge is 0.248 e. The van der Waals surface area contributed by atoms with Gasteiger partial charge in [-0.05, 0) is 43.3 Å². The molecule has 10 heteroatoms. The highest BCUT2D eigenvalue weighted by molar-refractivity contribution is 7.92. The van der Waals surface area contributed by atoms with Crippen LogP contribution >= 0.6 is 0 Å². The van der Waals surface area contributed by atoms with Gasteiger partial charge in [0.2, 0.25) is 21.8 Å². The first-order valence-electron chi connectivity index (χ1n) is 8.76. The molecule has 2 amide bonds. The standard InChI is InChI=1S/C19H21N3O6S/c1-12(19(24)21-14-5-3-13(4-6-14)18(20)23)22(29(2,25)26)15-7-8-16-17(11-15)28-10-9-27-16/h3-8,11-12H,9-10H2,1-2H3,(H2,20,23)(H,21,24)/t12-/m1/s1. The number of nitrogens with one attached hydrogen (secondary N) is 1. The van der Waals surface area contributed by atoms with Gasteiger partial charge < -0.3 is 20.5 Å². The van der Waals surface area contributed by atoms with Crippen molar-refractivity contribution >= 4 is 33.2 Å². The lowest BCUT2D eigenvalue weighted by atomic mass is 10.2. The number of hydrogen-bond acceptors (Lipinski definition) is 6. The third-order valence-electron chi connectivity index (χ3n) is 4.31. The van der Waals surface area contributed by atoms with Crippen LogP contribution in [0.1, 0.15) is 17.3 Å². The van der Waals surface area contributed by atoms with Gasteiger partial charge in [-0.2, -0.15) is 0 Å². The molecular weight excluding hydrogens is 398 g/mol. The molecule has 0 saturated carbocycles. The van der Waals surface area contributed by atoms with Crippen molar-refractivity contribution in [3.63, 3.8) is 0 Å². The van der Waals surface area contributed by atoms with E-state index in [2.05, 4.69) is 5.32 Å². The minimum Gasteiger partial charge on any atom is -0.486 e. The second-order valence-corrected chi connectivity index (χ2v) is 8.35. The molecule has 0 aromatic heterocycles. The lowest BCUT2D eigenvalue weighted by Gasteiger charge is -2.29. The maximum absolute atomic E-state index is 12.7. The van der Waals surface area contributed by atoms with E-state index in [1.807, 2.05) is 0 Å². The van der Waals surface area contributed by atoms with Crippen LogP contribution in [0, 0.1) is 0 Å². The molecule has 1 heterocycles. The van der Waals surface area contributed by atoms with Crippen molar-refractivity contribution in [3.05, 3.63) is 48.0 Å². The van der Waals surface area contributed by atoms with Gasteiger partial charge in [-0.3, -0.25) is 13.9 Å². The van der Waals surface area contributed by atoms with E-state index in [1.54, 1.807) is 12.1 Å². The van der Waals surface area contributed by atoms with Gasteiger partial charge >= 0.3 is 0 Å². The van der Waals surface area contributed by atoms with E-state index in [9.17, 15) is 18.0 Å². The fourth-order valence-corrected chi connectivity index (χ4v) is 4.11. The van der Waals surface area contributed by atoms with E-state index >= 15 is 0 Å². The second kappa shape index (κ2) is 8.00. The first kappa shape index (κ1) is 20.5. The van der Waals surface area contributed by atoms with E-state index in [0.29, 0.717) is 36.0 Å². The molecule has 0 bridgehead atoms. The summed E-state index contributed by atoms with van der Waals surface area (Å²) in [4.78, 5) is 23.9. The minimum atomic E-state index is -3.78. The first-order chi connectivity index (χ1) is 13.7. The highest BCUT2D eigenvalue weighted by Crippen LogP contribution is 2.35. The lowest BCUT2D eigenvalue weighted by Crippen LogP contribution is -2.45. The number of carbonyl (C=O) groups is 2. The van der Waals surface area contributed by atoms with Crippen molar-refractivity contribution in [1.29, 1.82) is 0 Å². The van der Waals surface area contributed by atoms with Gasteiger partial charge in [0.15, 0.2) is 11.5 Å². The summed E-state index contributed by atoms with van der Waals surface area (Å²) in [5.41, 5.74) is 6.18. The van der Waals surface area contributed by atoms with Gasteiger partial charge in [0.25, 0.3) is 0 Å². The van der Waals surface area contributed by atoms with Crippen LogP contribution in [-0.2, 0) is 14.8 Å². The molecule has 3 rings (SSSR count). The van der Waals surface area contributed by atoms with Crippen molar-refractivity contribution in [2.24, 2.45) is 5.73 Å². The molecule has 1 aliphatic heterocycles. The molecule has 2 aromatic carbocycles. The molecule has 154 valence electrons. The number of sulfonamides is 1. The number of hydrogen-bond donors (Lipinski definition) is 2. The summed E-state index contributed by atoms with van der Waals surface area (Å²) in [6.45, 7) is 2.24. The Balaban J connectivity index is 1.85. The normalized spacial score (nSPS) is 14.0. The zero-order valence-electron chi connectivity index (χ0n) is 15.9. The molecule has 9 nitrogen and oxygen atoms in total. The Hall–Kier alpha value is -3.27. The average molecular weight is 419 g/mol. The van der Waals surface area contributed by atoms with Gasteiger partial charge in [-0.1, -0.05) is 0 Å². The summed E-state index contributed by atoms with van der Waals surface area (Å²) in [6, 6.07) is 9.61. The molecule has 1 atom stereocenters. The zero-order chi connectivity index (χ0) is 21.2. The number of anilines is 2. The Morgan fingerprint density at radius 2 is 1.69 bits per heavy atom. The van der Waals surface area contributed by atoms with Gasteiger partial charge in [-0.25, -0.2) is 8.42 Å². The SMILES string of the molecule is C[C@H](C(=O)Nc1ccc(C(N)=O)cc1)N(c1ccc2c(c1)OCCO2)S(C)(=O)=O. The predicted molar refractivity (Wildman–Crippen MR) is 108 cm³/mol. The maximum atomic E-state index is 12.7. The van der Waals surface area contributed by atoms with Crippen molar-refractivity contribution in [2.45, 2.75) is 13.0 Å². The van der Waals surface area contributed by atoms with Crippen LogP contribution in [0.15, 0.2) is 42.5 Å². The molecule has 0 unspecified atom stereocenters. The monoisotopic (exact) mass is 419 g/mol. The topological polar surface area (TPSA) is 128 Å². The van der Waals surface area contributed by atoms with Gasteiger partial charge in [0.05, 0.1) is 11.9 Å². The Kier molecular flexibility index (Phi) is 5.64. The third kappa shape index (κ3) is 4.60. The van der Waals surface area contributed by atoms with Crippen LogP contribution < -0.4 is 24.8 Å². The summed E-state index contributed by atoms with van der Waals surface area (Å²) < 4.78 is 36.9. The van der Waals surface area contributed by atoms with Crippen LogP contribution in [0.3, 0.4) is 0 Å². The first-order valence-corrected chi connectivity index (χ1v) is 10.6. The number of nitrogens with two attached hydrogens (primary N) is 1. The number of carbonyl (C=O) groups excluding carboxylic acids is 2. The second-order valence-electron chi connectivity index (χ2n) is 6.49. The molecule has 0 radical (unpaired) electrons. The summed E-state index contributed by atoms with van der Waals surface area (Å²) >= 11 is 0. The molecule has 1 aliphatic rings. The summed E-state index contributed by atoms with van der Waals surface area (Å²) in [7, 11) is -3.78. The molecule has 0 fully saturated rings. The van der Waals surface area contributed by atoms with E-state index in [-0.39, 0.29) is 5.69 Å². The van der Waals surface area contributed by atoms with Crippen LogP contribution in [0.25, 0.3) is 0 Å². The highest BCUT2D eigenvalue weighted by Gasteiger charge is 2.30. The van der Waals surface area contributed by atoms with Crippen molar-refractivity contribution in [2.75, 3.05) is 29.1 Å². The summed E-state index contributed by atoms with van der Waals surface area (Å²) in [6.07, 6.45) is 1.02. The molecule has 0 aliphatic carbocycles. The van der Waals surface area contributed by atoms with Gasteiger partial charge in [-0.15, -0.1) is 0 Å². The number of primary amides is 1. The Labute approximate surface area is 168 Å². The Morgan fingerprint density at radius 3 is 2.28 bits per heavy atom. The quantitative estimate of drug-likeness (QED) is 0.727. The zero-order valence-corrected chi connectivity index (χ0v) is 16.7. The number of nitrogens with zero attached hydrogens (tertiary/aromatic N) is 1.